The fourth-order valence-electron chi connectivity index (χ4n) is 4.78. The van der Waals surface area contributed by atoms with E-state index in [2.05, 4.69) is 35.0 Å². The van der Waals surface area contributed by atoms with Gasteiger partial charge in [0, 0.05) is 49.8 Å². The lowest BCUT2D eigenvalue weighted by Gasteiger charge is -2.35. The molecule has 33 heavy (non-hydrogen) atoms. The van der Waals surface area contributed by atoms with Crippen molar-refractivity contribution >= 4 is 17.5 Å². The molecule has 1 fully saturated rings. The van der Waals surface area contributed by atoms with Crippen molar-refractivity contribution < 1.29 is 14.0 Å². The second kappa shape index (κ2) is 9.10. The third kappa shape index (κ3) is 4.35. The molecule has 5 rings (SSSR count). The number of anilines is 1. The molecule has 0 N–H and O–H groups in total. The van der Waals surface area contributed by atoms with Crippen LogP contribution in [0.2, 0.25) is 0 Å². The van der Waals surface area contributed by atoms with Crippen molar-refractivity contribution in [1.29, 1.82) is 0 Å². The molecule has 1 aromatic carbocycles. The summed E-state index contributed by atoms with van der Waals surface area (Å²) < 4.78 is 5.77. The number of benzene rings is 1. The van der Waals surface area contributed by atoms with E-state index in [0.717, 1.165) is 12.1 Å². The quantitative estimate of drug-likeness (QED) is 0.605. The lowest BCUT2D eigenvalue weighted by Crippen LogP contribution is -2.51. The van der Waals surface area contributed by atoms with E-state index in [1.54, 1.807) is 18.5 Å². The van der Waals surface area contributed by atoms with Gasteiger partial charge < -0.3 is 19.1 Å². The van der Waals surface area contributed by atoms with Gasteiger partial charge in [-0.25, -0.2) is 0 Å². The Morgan fingerprint density at radius 3 is 2.55 bits per heavy atom. The molecular weight excluding hydrogens is 416 g/mol. The number of hydrogen-bond acceptors (Lipinski definition) is 5. The van der Waals surface area contributed by atoms with Crippen molar-refractivity contribution in [2.24, 2.45) is 0 Å². The van der Waals surface area contributed by atoms with Gasteiger partial charge in [0.25, 0.3) is 5.91 Å². The fraction of sp³-hybridized carbons (Fsp3) is 0.346. The first-order valence-corrected chi connectivity index (χ1v) is 11.5. The number of rotatable bonds is 5. The van der Waals surface area contributed by atoms with Gasteiger partial charge in [0.15, 0.2) is 0 Å². The summed E-state index contributed by atoms with van der Waals surface area (Å²) in [6, 6.07) is 16.1. The summed E-state index contributed by atoms with van der Waals surface area (Å²) in [6.07, 6.45) is 4.58. The first-order valence-electron chi connectivity index (χ1n) is 11.5. The van der Waals surface area contributed by atoms with Crippen molar-refractivity contribution in [3.05, 3.63) is 83.6 Å². The Labute approximate surface area is 193 Å². The van der Waals surface area contributed by atoms with Crippen molar-refractivity contribution in [3.8, 4) is 0 Å². The smallest absolute Gasteiger partial charge is 0.257 e. The van der Waals surface area contributed by atoms with E-state index in [-0.39, 0.29) is 18.2 Å². The number of pyridine rings is 1. The molecule has 0 spiro atoms. The van der Waals surface area contributed by atoms with E-state index < -0.39 is 0 Å². The van der Waals surface area contributed by atoms with Crippen LogP contribution in [0.4, 0.5) is 5.69 Å². The number of furan rings is 1. The molecule has 2 aliphatic rings. The summed E-state index contributed by atoms with van der Waals surface area (Å²) in [5, 5.41) is 0. The summed E-state index contributed by atoms with van der Waals surface area (Å²) in [5.41, 5.74) is 3.91. The van der Waals surface area contributed by atoms with Crippen molar-refractivity contribution in [3.63, 3.8) is 0 Å². The lowest BCUT2D eigenvalue weighted by atomic mass is 10.1. The molecule has 0 saturated carbocycles. The van der Waals surface area contributed by atoms with Crippen molar-refractivity contribution in [2.75, 3.05) is 31.1 Å². The monoisotopic (exact) mass is 444 g/mol. The van der Waals surface area contributed by atoms with Gasteiger partial charge in [0.05, 0.1) is 24.8 Å². The molecule has 1 unspecified atom stereocenters. The molecule has 4 heterocycles. The lowest BCUT2D eigenvalue weighted by molar-refractivity contribution is -0.132. The largest absolute Gasteiger partial charge is 0.467 e. The number of nitrogens with zero attached hydrogens (tertiary/aromatic N) is 4. The van der Waals surface area contributed by atoms with Gasteiger partial charge in [0.2, 0.25) is 5.91 Å². The number of fused-ring (bicyclic) bond motifs is 1. The molecule has 1 saturated heterocycles. The third-order valence-electron chi connectivity index (χ3n) is 6.62. The van der Waals surface area contributed by atoms with E-state index in [1.165, 1.54) is 11.3 Å². The highest BCUT2D eigenvalue weighted by atomic mass is 16.3. The molecule has 3 aromatic rings. The van der Waals surface area contributed by atoms with Gasteiger partial charge in [-0.05, 0) is 43.2 Å². The SMILES string of the molecule is CC1Cc2ccccc2N1Cc1occc1C(=O)N1CCN(C(=O)Cc2ccccn2)CC1. The second-order valence-corrected chi connectivity index (χ2v) is 8.74. The average molecular weight is 445 g/mol. The average Bonchev–Trinajstić information content (AvgIpc) is 3.44. The van der Waals surface area contributed by atoms with Crippen LogP contribution in [0.3, 0.4) is 0 Å². The van der Waals surface area contributed by atoms with Crippen LogP contribution in [0.15, 0.2) is 65.4 Å². The first kappa shape index (κ1) is 21.2. The molecule has 0 aliphatic carbocycles. The van der Waals surface area contributed by atoms with Crippen LogP contribution in [0.1, 0.15) is 34.3 Å². The molecule has 170 valence electrons. The van der Waals surface area contributed by atoms with E-state index >= 15 is 0 Å². The Balaban J connectivity index is 1.21. The topological polar surface area (TPSA) is 69.9 Å². The molecule has 2 aromatic heterocycles. The normalized spacial score (nSPS) is 17.8. The van der Waals surface area contributed by atoms with Crippen molar-refractivity contribution in [2.45, 2.75) is 32.4 Å². The first-order chi connectivity index (χ1) is 16.1. The minimum atomic E-state index is -0.0317. The Hall–Kier alpha value is -3.61. The maximum Gasteiger partial charge on any atom is 0.257 e. The van der Waals surface area contributed by atoms with Crippen LogP contribution < -0.4 is 4.90 Å². The summed E-state index contributed by atoms with van der Waals surface area (Å²) in [6.45, 7) is 4.85. The van der Waals surface area contributed by atoms with Gasteiger partial charge in [-0.3, -0.25) is 14.6 Å². The van der Waals surface area contributed by atoms with Gasteiger partial charge in [-0.1, -0.05) is 24.3 Å². The predicted molar refractivity (Wildman–Crippen MR) is 125 cm³/mol. The van der Waals surface area contributed by atoms with Gasteiger partial charge in [0.1, 0.15) is 5.76 Å². The Kier molecular flexibility index (Phi) is 5.86. The zero-order valence-corrected chi connectivity index (χ0v) is 18.8. The second-order valence-electron chi connectivity index (χ2n) is 8.74. The maximum atomic E-state index is 13.3. The number of amides is 2. The van der Waals surface area contributed by atoms with Gasteiger partial charge in [-0.15, -0.1) is 0 Å². The number of para-hydroxylation sites is 1. The highest BCUT2D eigenvalue weighted by Gasteiger charge is 2.30. The molecule has 7 heteroatoms. The summed E-state index contributed by atoms with van der Waals surface area (Å²) >= 11 is 0. The minimum absolute atomic E-state index is 0.0317. The van der Waals surface area contributed by atoms with E-state index in [1.807, 2.05) is 34.1 Å². The van der Waals surface area contributed by atoms with Crippen LogP contribution in [0.5, 0.6) is 0 Å². The number of piperazine rings is 1. The summed E-state index contributed by atoms with van der Waals surface area (Å²) in [5.74, 6) is 0.708. The van der Waals surface area contributed by atoms with Crippen LogP contribution in [-0.2, 0) is 24.2 Å². The van der Waals surface area contributed by atoms with Crippen LogP contribution in [0.25, 0.3) is 0 Å². The molecule has 0 radical (unpaired) electrons. The maximum absolute atomic E-state index is 13.3. The fourth-order valence-corrected chi connectivity index (χ4v) is 4.78. The number of hydrogen-bond donors (Lipinski definition) is 0. The summed E-state index contributed by atoms with van der Waals surface area (Å²) in [7, 11) is 0. The van der Waals surface area contributed by atoms with Crippen LogP contribution in [-0.4, -0.2) is 58.8 Å². The molecule has 0 bridgehead atoms. The predicted octanol–water partition coefficient (Wildman–Crippen LogP) is 3.15. The van der Waals surface area contributed by atoms with E-state index in [4.69, 9.17) is 4.42 Å². The Morgan fingerprint density at radius 1 is 1.00 bits per heavy atom. The van der Waals surface area contributed by atoms with Gasteiger partial charge >= 0.3 is 0 Å². The van der Waals surface area contributed by atoms with Crippen LogP contribution >= 0.6 is 0 Å². The highest BCUT2D eigenvalue weighted by molar-refractivity contribution is 5.95. The van der Waals surface area contributed by atoms with E-state index in [0.29, 0.717) is 50.1 Å². The summed E-state index contributed by atoms with van der Waals surface area (Å²) in [4.78, 5) is 36.1. The zero-order valence-electron chi connectivity index (χ0n) is 18.8. The van der Waals surface area contributed by atoms with E-state index in [9.17, 15) is 9.59 Å². The zero-order chi connectivity index (χ0) is 22.8. The molecular formula is C26H28N4O3. The standard InChI is InChI=1S/C26H28N4O3/c1-19-16-20-6-2-3-8-23(20)30(19)18-24-22(9-15-33-24)26(32)29-13-11-28(12-14-29)25(31)17-21-7-4-5-10-27-21/h2-10,15,19H,11-14,16-18H2,1H3. The number of carbonyl (C=O) groups is 2. The number of carbonyl (C=O) groups excluding carboxylic acids is 2. The van der Waals surface area contributed by atoms with Crippen LogP contribution in [0, 0.1) is 0 Å². The van der Waals surface area contributed by atoms with Crippen molar-refractivity contribution in [1.82, 2.24) is 14.8 Å². The molecule has 2 amide bonds. The minimum Gasteiger partial charge on any atom is -0.467 e. The third-order valence-corrected chi connectivity index (χ3v) is 6.62. The molecule has 1 atom stereocenters. The molecule has 2 aliphatic heterocycles. The number of aromatic nitrogens is 1. The Bertz CT molecular complexity index is 1140. The highest BCUT2D eigenvalue weighted by Crippen LogP contribution is 2.33. The Morgan fingerprint density at radius 2 is 1.76 bits per heavy atom. The molecule has 7 nitrogen and oxygen atoms in total. The van der Waals surface area contributed by atoms with Gasteiger partial charge in [-0.2, -0.15) is 0 Å².